The molecule has 0 saturated carbocycles. The van der Waals surface area contributed by atoms with Gasteiger partial charge in [0.1, 0.15) is 0 Å². The molecule has 0 bridgehead atoms. The van der Waals surface area contributed by atoms with Crippen molar-refractivity contribution in [3.8, 4) is 0 Å². The van der Waals surface area contributed by atoms with E-state index in [1.807, 2.05) is 0 Å². The summed E-state index contributed by atoms with van der Waals surface area (Å²) in [6.45, 7) is 2.94. The van der Waals surface area contributed by atoms with Gasteiger partial charge in [-0.2, -0.15) is 0 Å². The van der Waals surface area contributed by atoms with Gasteiger partial charge < -0.3 is 10.1 Å². The lowest BCUT2D eigenvalue weighted by molar-refractivity contribution is -0.134. The molecule has 0 aliphatic carbocycles. The van der Waals surface area contributed by atoms with E-state index < -0.39 is 0 Å². The van der Waals surface area contributed by atoms with E-state index >= 15 is 0 Å². The number of ether oxygens (including phenoxy) is 1. The van der Waals surface area contributed by atoms with Crippen LogP contribution >= 0.6 is 0 Å². The number of methoxy groups -OCH3 is 1. The number of esters is 1. The van der Waals surface area contributed by atoms with E-state index in [0.29, 0.717) is 0 Å². The molecule has 10 heavy (non-hydrogen) atoms. The van der Waals surface area contributed by atoms with E-state index in [0.717, 1.165) is 13.0 Å². The minimum absolute atomic E-state index is 0.330. The van der Waals surface area contributed by atoms with Gasteiger partial charge in [-0.3, -0.25) is 0 Å². The lowest BCUT2D eigenvalue weighted by Gasteiger charge is -1.93. The van der Waals surface area contributed by atoms with Crippen LogP contribution in [0.25, 0.3) is 0 Å². The number of hydrogen-bond donors (Lipinski definition) is 1. The van der Waals surface area contributed by atoms with Gasteiger partial charge in [-0.05, 0) is 6.42 Å². The zero-order chi connectivity index (χ0) is 7.82. The summed E-state index contributed by atoms with van der Waals surface area (Å²) in [5.74, 6) is -0.330. The van der Waals surface area contributed by atoms with Gasteiger partial charge in [0.25, 0.3) is 0 Å². The predicted octanol–water partition coefficient (Wildman–Crippen LogP) is 0.673. The average molecular weight is 143 g/mol. The third-order valence-corrected chi connectivity index (χ3v) is 0.933. The second kappa shape index (κ2) is 6.13. The van der Waals surface area contributed by atoms with E-state index in [9.17, 15) is 4.79 Å². The Balaban J connectivity index is 3.27. The summed E-state index contributed by atoms with van der Waals surface area (Å²) in [7, 11) is 1.35. The first-order chi connectivity index (χ1) is 4.81. The number of nitrogens with one attached hydrogen (secondary N) is 1. The van der Waals surface area contributed by atoms with Crippen LogP contribution in [0.5, 0.6) is 0 Å². The molecule has 0 atom stereocenters. The third kappa shape index (κ3) is 5.15. The molecule has 0 radical (unpaired) electrons. The van der Waals surface area contributed by atoms with E-state index in [4.69, 9.17) is 0 Å². The van der Waals surface area contributed by atoms with Gasteiger partial charge in [-0.1, -0.05) is 6.92 Å². The molecule has 3 nitrogen and oxygen atoms in total. The summed E-state index contributed by atoms with van der Waals surface area (Å²) in [6.07, 6.45) is 4.00. The van der Waals surface area contributed by atoms with Crippen LogP contribution in [0.1, 0.15) is 13.3 Å². The molecule has 0 spiro atoms. The van der Waals surface area contributed by atoms with Gasteiger partial charge in [0.2, 0.25) is 0 Å². The quantitative estimate of drug-likeness (QED) is 0.357. The van der Waals surface area contributed by atoms with Crippen molar-refractivity contribution in [1.29, 1.82) is 0 Å². The fourth-order valence-corrected chi connectivity index (χ4v) is 0.423. The Morgan fingerprint density at radius 1 is 1.70 bits per heavy atom. The molecule has 0 heterocycles. The van der Waals surface area contributed by atoms with Gasteiger partial charge in [0.05, 0.1) is 7.11 Å². The Morgan fingerprint density at radius 2 is 2.40 bits per heavy atom. The highest BCUT2D eigenvalue weighted by Crippen LogP contribution is 1.75. The molecular weight excluding hydrogens is 130 g/mol. The van der Waals surface area contributed by atoms with Gasteiger partial charge in [0, 0.05) is 18.8 Å². The largest absolute Gasteiger partial charge is 0.466 e. The summed E-state index contributed by atoms with van der Waals surface area (Å²) < 4.78 is 4.36. The van der Waals surface area contributed by atoms with Crippen molar-refractivity contribution in [1.82, 2.24) is 5.32 Å². The lowest BCUT2D eigenvalue weighted by Crippen LogP contribution is -2.06. The number of carbonyl (C=O) groups is 1. The molecule has 0 aliphatic rings. The van der Waals surface area contributed by atoms with Crippen molar-refractivity contribution in [2.24, 2.45) is 0 Å². The van der Waals surface area contributed by atoms with Crippen molar-refractivity contribution in [2.75, 3.05) is 13.7 Å². The van der Waals surface area contributed by atoms with Gasteiger partial charge in [0.15, 0.2) is 0 Å². The number of rotatable bonds is 4. The highest BCUT2D eigenvalue weighted by atomic mass is 16.5. The highest BCUT2D eigenvalue weighted by Gasteiger charge is 1.87. The molecule has 0 fully saturated rings. The molecule has 3 heteroatoms. The first-order valence-corrected chi connectivity index (χ1v) is 3.29. The Hall–Kier alpha value is -0.990. The molecule has 58 valence electrons. The first kappa shape index (κ1) is 9.01. The second-order valence-electron chi connectivity index (χ2n) is 1.81. The topological polar surface area (TPSA) is 38.3 Å². The maximum absolute atomic E-state index is 10.4. The summed E-state index contributed by atoms with van der Waals surface area (Å²) >= 11 is 0. The minimum Gasteiger partial charge on any atom is -0.466 e. The first-order valence-electron chi connectivity index (χ1n) is 3.29. The molecule has 0 aromatic rings. The van der Waals surface area contributed by atoms with Crippen LogP contribution in [0.15, 0.2) is 12.3 Å². The van der Waals surface area contributed by atoms with Crippen LogP contribution in [0.3, 0.4) is 0 Å². The van der Waals surface area contributed by atoms with Crippen LogP contribution in [-0.4, -0.2) is 19.6 Å². The minimum atomic E-state index is -0.330. The predicted molar refractivity (Wildman–Crippen MR) is 39.4 cm³/mol. The van der Waals surface area contributed by atoms with Crippen molar-refractivity contribution < 1.29 is 9.53 Å². The molecule has 0 aromatic carbocycles. The Labute approximate surface area is 61.1 Å². The fraction of sp³-hybridized carbons (Fsp3) is 0.571. The van der Waals surface area contributed by atoms with Crippen molar-refractivity contribution in [3.05, 3.63) is 12.3 Å². The van der Waals surface area contributed by atoms with Gasteiger partial charge in [-0.15, -0.1) is 0 Å². The molecule has 1 N–H and O–H groups in total. The van der Waals surface area contributed by atoms with Crippen LogP contribution in [0, 0.1) is 0 Å². The van der Waals surface area contributed by atoms with E-state index in [2.05, 4.69) is 17.0 Å². The van der Waals surface area contributed by atoms with E-state index in [-0.39, 0.29) is 5.97 Å². The smallest absolute Gasteiger partial charge is 0.331 e. The second-order valence-corrected chi connectivity index (χ2v) is 1.81. The van der Waals surface area contributed by atoms with Crippen molar-refractivity contribution in [2.45, 2.75) is 13.3 Å². The molecule has 0 rings (SSSR count). The SMILES string of the molecule is CCCN/C=C\C(=O)OC. The van der Waals surface area contributed by atoms with Crippen LogP contribution in [0.4, 0.5) is 0 Å². The van der Waals surface area contributed by atoms with E-state index in [1.54, 1.807) is 6.20 Å². The van der Waals surface area contributed by atoms with Crippen molar-refractivity contribution >= 4 is 5.97 Å². The zero-order valence-corrected chi connectivity index (χ0v) is 6.39. The lowest BCUT2D eigenvalue weighted by atomic mass is 10.5. The average Bonchev–Trinajstić information content (AvgIpc) is 1.98. The summed E-state index contributed by atoms with van der Waals surface area (Å²) in [6, 6.07) is 0. The summed E-state index contributed by atoms with van der Waals surface area (Å²) in [5.41, 5.74) is 0. The molecule has 0 amide bonds. The molecule has 0 aromatic heterocycles. The number of hydrogen-bond acceptors (Lipinski definition) is 3. The third-order valence-electron chi connectivity index (χ3n) is 0.933. The van der Waals surface area contributed by atoms with Crippen LogP contribution < -0.4 is 5.32 Å². The van der Waals surface area contributed by atoms with Gasteiger partial charge in [-0.25, -0.2) is 4.79 Å². The Kier molecular flexibility index (Phi) is 5.53. The molecule has 0 unspecified atom stereocenters. The zero-order valence-electron chi connectivity index (χ0n) is 6.39. The molecular formula is C7H13NO2. The summed E-state index contributed by atoms with van der Waals surface area (Å²) in [4.78, 5) is 10.4. The summed E-state index contributed by atoms with van der Waals surface area (Å²) in [5, 5.41) is 2.92. The maximum Gasteiger partial charge on any atom is 0.331 e. The van der Waals surface area contributed by atoms with E-state index in [1.165, 1.54) is 13.2 Å². The monoisotopic (exact) mass is 143 g/mol. The molecule has 0 saturated heterocycles. The number of carbonyl (C=O) groups excluding carboxylic acids is 1. The van der Waals surface area contributed by atoms with Crippen LogP contribution in [-0.2, 0) is 9.53 Å². The Morgan fingerprint density at radius 3 is 2.90 bits per heavy atom. The normalized spacial score (nSPS) is 9.80. The highest BCUT2D eigenvalue weighted by molar-refractivity contribution is 5.81. The van der Waals surface area contributed by atoms with Gasteiger partial charge >= 0.3 is 5.97 Å². The Bertz CT molecular complexity index is 121. The molecule has 0 aliphatic heterocycles. The maximum atomic E-state index is 10.4. The van der Waals surface area contributed by atoms with Crippen molar-refractivity contribution in [3.63, 3.8) is 0 Å². The van der Waals surface area contributed by atoms with Crippen LogP contribution in [0.2, 0.25) is 0 Å². The standard InChI is InChI=1S/C7H13NO2/c1-3-5-8-6-4-7(9)10-2/h4,6,8H,3,5H2,1-2H3/b6-4-. The fourth-order valence-electron chi connectivity index (χ4n) is 0.423.